The van der Waals surface area contributed by atoms with Crippen LogP contribution in [-0.2, 0) is 13.5 Å². The summed E-state index contributed by atoms with van der Waals surface area (Å²) in [5.74, 6) is 0. The summed E-state index contributed by atoms with van der Waals surface area (Å²) in [6.07, 6.45) is 6.54. The molecule has 0 spiro atoms. The first-order valence-corrected chi connectivity index (χ1v) is 7.23. The van der Waals surface area contributed by atoms with Crippen molar-refractivity contribution in [2.45, 2.75) is 25.4 Å². The highest BCUT2D eigenvalue weighted by molar-refractivity contribution is 5.55. The van der Waals surface area contributed by atoms with Crippen molar-refractivity contribution in [3.05, 3.63) is 47.8 Å². The molecule has 106 valence electrons. The van der Waals surface area contributed by atoms with Gasteiger partial charge in [-0.1, -0.05) is 18.2 Å². The molecule has 0 bridgehead atoms. The number of hydrogen-bond acceptors (Lipinski definition) is 3. The number of aliphatic hydroxyl groups is 1. The van der Waals surface area contributed by atoms with Crippen molar-refractivity contribution < 1.29 is 5.11 Å². The van der Waals surface area contributed by atoms with E-state index in [-0.39, 0.29) is 6.10 Å². The molecule has 4 nitrogen and oxygen atoms in total. The second-order valence-corrected chi connectivity index (χ2v) is 5.48. The second kappa shape index (κ2) is 5.67. The van der Waals surface area contributed by atoms with Gasteiger partial charge < -0.3 is 10.0 Å². The Hall–Kier alpha value is -1.81. The molecule has 0 saturated carbocycles. The predicted octanol–water partition coefficient (Wildman–Crippen LogP) is 2.30. The molecule has 1 aliphatic heterocycles. The fourth-order valence-electron chi connectivity index (χ4n) is 2.91. The van der Waals surface area contributed by atoms with Gasteiger partial charge in [0.2, 0.25) is 0 Å². The van der Waals surface area contributed by atoms with Crippen LogP contribution in [0.25, 0.3) is 0 Å². The van der Waals surface area contributed by atoms with Gasteiger partial charge in [-0.2, -0.15) is 5.10 Å². The van der Waals surface area contributed by atoms with Gasteiger partial charge in [0.1, 0.15) is 0 Å². The van der Waals surface area contributed by atoms with E-state index in [1.807, 2.05) is 36.1 Å². The number of aliphatic hydroxyl groups excluding tert-OH is 1. The fraction of sp³-hybridized carbons (Fsp3) is 0.438. The van der Waals surface area contributed by atoms with E-state index in [4.69, 9.17) is 0 Å². The van der Waals surface area contributed by atoms with Gasteiger partial charge in [-0.3, -0.25) is 4.68 Å². The van der Waals surface area contributed by atoms with Gasteiger partial charge in [0.15, 0.2) is 0 Å². The second-order valence-electron chi connectivity index (χ2n) is 5.48. The Kier molecular flexibility index (Phi) is 3.74. The van der Waals surface area contributed by atoms with E-state index in [2.05, 4.69) is 22.3 Å². The first-order valence-electron chi connectivity index (χ1n) is 7.23. The molecule has 0 aliphatic carbocycles. The summed E-state index contributed by atoms with van der Waals surface area (Å²) < 4.78 is 1.84. The number of rotatable bonds is 3. The van der Waals surface area contributed by atoms with Crippen molar-refractivity contribution in [2.24, 2.45) is 7.05 Å². The van der Waals surface area contributed by atoms with Crippen LogP contribution >= 0.6 is 0 Å². The van der Waals surface area contributed by atoms with Crippen LogP contribution in [0.5, 0.6) is 0 Å². The van der Waals surface area contributed by atoms with Gasteiger partial charge in [-0.15, -0.1) is 0 Å². The van der Waals surface area contributed by atoms with Gasteiger partial charge in [0, 0.05) is 37.6 Å². The summed E-state index contributed by atoms with van der Waals surface area (Å²) in [6, 6.07) is 8.22. The van der Waals surface area contributed by atoms with Crippen molar-refractivity contribution in [3.8, 4) is 0 Å². The maximum Gasteiger partial charge on any atom is 0.0810 e. The average Bonchev–Trinajstić information content (AvgIpc) is 2.80. The number of benzene rings is 1. The first-order chi connectivity index (χ1) is 9.74. The van der Waals surface area contributed by atoms with Gasteiger partial charge in [0.05, 0.1) is 12.3 Å². The maximum absolute atomic E-state index is 10.2. The standard InChI is InChI=1S/C16H21N3O/c1-18-12-13(11-17-18)8-10-19-9-4-7-16(20)14-5-2-3-6-15(14)19/h2-3,5-6,11-12,16,20H,4,7-10H2,1H3. The molecule has 4 heteroatoms. The topological polar surface area (TPSA) is 41.3 Å². The lowest BCUT2D eigenvalue weighted by atomic mass is 10.0. The zero-order valence-electron chi connectivity index (χ0n) is 11.9. The minimum atomic E-state index is -0.324. The first kappa shape index (κ1) is 13.2. The summed E-state index contributed by atoms with van der Waals surface area (Å²) in [7, 11) is 1.95. The predicted molar refractivity (Wildman–Crippen MR) is 79.8 cm³/mol. The molecule has 1 aromatic carbocycles. The number of anilines is 1. The van der Waals surface area contributed by atoms with E-state index < -0.39 is 0 Å². The Balaban J connectivity index is 1.77. The molecular formula is C16H21N3O. The smallest absolute Gasteiger partial charge is 0.0810 e. The Morgan fingerprint density at radius 3 is 3.00 bits per heavy atom. The van der Waals surface area contributed by atoms with Crippen molar-refractivity contribution in [2.75, 3.05) is 18.0 Å². The number of aromatic nitrogens is 2. The van der Waals surface area contributed by atoms with E-state index in [0.29, 0.717) is 0 Å². The molecule has 3 rings (SSSR count). The third kappa shape index (κ3) is 2.70. The van der Waals surface area contributed by atoms with Crippen LogP contribution in [0, 0.1) is 0 Å². The summed E-state index contributed by atoms with van der Waals surface area (Å²) in [6.45, 7) is 1.98. The molecule has 1 unspecified atom stereocenters. The molecule has 0 radical (unpaired) electrons. The fourth-order valence-corrected chi connectivity index (χ4v) is 2.91. The van der Waals surface area contributed by atoms with Crippen molar-refractivity contribution >= 4 is 5.69 Å². The Morgan fingerprint density at radius 2 is 2.20 bits per heavy atom. The molecule has 1 aliphatic rings. The summed E-state index contributed by atoms with van der Waals surface area (Å²) in [5, 5.41) is 14.4. The van der Waals surface area contributed by atoms with E-state index in [1.54, 1.807) is 0 Å². The Labute approximate surface area is 119 Å². The maximum atomic E-state index is 10.2. The molecule has 20 heavy (non-hydrogen) atoms. The van der Waals surface area contributed by atoms with Crippen molar-refractivity contribution in [1.29, 1.82) is 0 Å². The van der Waals surface area contributed by atoms with E-state index in [0.717, 1.165) is 37.9 Å². The minimum Gasteiger partial charge on any atom is -0.388 e. The molecule has 2 aromatic rings. The monoisotopic (exact) mass is 271 g/mol. The number of para-hydroxylation sites is 1. The van der Waals surface area contributed by atoms with Crippen LogP contribution in [0.4, 0.5) is 5.69 Å². The molecule has 0 amide bonds. The minimum absolute atomic E-state index is 0.324. The van der Waals surface area contributed by atoms with Crippen molar-refractivity contribution in [1.82, 2.24) is 9.78 Å². The quantitative estimate of drug-likeness (QED) is 0.931. The van der Waals surface area contributed by atoms with Crippen LogP contribution in [0.1, 0.15) is 30.1 Å². The number of aryl methyl sites for hydroxylation is 1. The summed E-state index contributed by atoms with van der Waals surface area (Å²) in [5.41, 5.74) is 3.51. The lowest BCUT2D eigenvalue weighted by Crippen LogP contribution is -2.26. The number of hydrogen-bond donors (Lipinski definition) is 1. The number of nitrogens with zero attached hydrogens (tertiary/aromatic N) is 3. The van der Waals surface area contributed by atoms with E-state index in [1.165, 1.54) is 11.3 Å². The van der Waals surface area contributed by atoms with Crippen LogP contribution in [0.15, 0.2) is 36.7 Å². The van der Waals surface area contributed by atoms with Crippen LogP contribution in [0.2, 0.25) is 0 Å². The summed E-state index contributed by atoms with van der Waals surface area (Å²) in [4.78, 5) is 2.39. The van der Waals surface area contributed by atoms with Gasteiger partial charge in [-0.25, -0.2) is 0 Å². The molecule has 0 fully saturated rings. The molecular weight excluding hydrogens is 250 g/mol. The molecule has 2 heterocycles. The largest absolute Gasteiger partial charge is 0.388 e. The van der Waals surface area contributed by atoms with E-state index in [9.17, 15) is 5.11 Å². The normalized spacial score (nSPS) is 18.7. The number of fused-ring (bicyclic) bond motifs is 1. The lowest BCUT2D eigenvalue weighted by Gasteiger charge is -2.25. The zero-order chi connectivity index (χ0) is 13.9. The highest BCUT2D eigenvalue weighted by Gasteiger charge is 2.20. The van der Waals surface area contributed by atoms with Gasteiger partial charge in [0.25, 0.3) is 0 Å². The highest BCUT2D eigenvalue weighted by atomic mass is 16.3. The van der Waals surface area contributed by atoms with Crippen molar-refractivity contribution in [3.63, 3.8) is 0 Å². The third-order valence-electron chi connectivity index (χ3n) is 3.97. The lowest BCUT2D eigenvalue weighted by molar-refractivity contribution is 0.168. The average molecular weight is 271 g/mol. The van der Waals surface area contributed by atoms with Crippen LogP contribution in [0.3, 0.4) is 0 Å². The summed E-state index contributed by atoms with van der Waals surface area (Å²) >= 11 is 0. The van der Waals surface area contributed by atoms with Crippen LogP contribution in [-0.4, -0.2) is 28.0 Å². The third-order valence-corrected chi connectivity index (χ3v) is 3.97. The molecule has 0 saturated heterocycles. The molecule has 1 aromatic heterocycles. The van der Waals surface area contributed by atoms with E-state index >= 15 is 0 Å². The molecule has 1 N–H and O–H groups in total. The highest BCUT2D eigenvalue weighted by Crippen LogP contribution is 2.32. The van der Waals surface area contributed by atoms with Gasteiger partial charge in [-0.05, 0) is 30.9 Å². The zero-order valence-corrected chi connectivity index (χ0v) is 11.9. The van der Waals surface area contributed by atoms with Gasteiger partial charge >= 0.3 is 0 Å². The van der Waals surface area contributed by atoms with Crippen LogP contribution < -0.4 is 4.90 Å². The molecule has 1 atom stereocenters. The SMILES string of the molecule is Cn1cc(CCN2CCCC(O)c3ccccc32)cn1. The Morgan fingerprint density at radius 1 is 1.35 bits per heavy atom. The Bertz CT molecular complexity index is 579.